The van der Waals surface area contributed by atoms with Gasteiger partial charge in [-0.1, -0.05) is 26.0 Å². The van der Waals surface area contributed by atoms with Gasteiger partial charge in [0, 0.05) is 5.56 Å². The number of hydrogen-bond acceptors (Lipinski definition) is 2. The Balaban J connectivity index is 3.16. The molecule has 0 spiro atoms. The molecule has 0 aliphatic carbocycles. The third-order valence-electron chi connectivity index (χ3n) is 2.29. The summed E-state index contributed by atoms with van der Waals surface area (Å²) in [4.78, 5) is 10.6. The molecule has 0 amide bonds. The van der Waals surface area contributed by atoms with E-state index in [9.17, 15) is 9.18 Å². The predicted octanol–water partition coefficient (Wildman–Crippen LogP) is 2.03. The second-order valence-corrected chi connectivity index (χ2v) is 3.75. The molecular weight excluding hydrogens is 197 g/mol. The smallest absolute Gasteiger partial charge is 0.325 e. The van der Waals surface area contributed by atoms with Crippen LogP contribution in [-0.2, 0) is 4.79 Å². The van der Waals surface area contributed by atoms with Crippen LogP contribution in [0.3, 0.4) is 0 Å². The molecule has 1 rings (SSSR count). The summed E-state index contributed by atoms with van der Waals surface area (Å²) in [5.41, 5.74) is 6.28. The molecule has 0 radical (unpaired) electrons. The van der Waals surface area contributed by atoms with Crippen LogP contribution in [0.25, 0.3) is 0 Å². The molecule has 0 heterocycles. The Bertz CT molecular complexity index is 377. The lowest BCUT2D eigenvalue weighted by Crippen LogP contribution is -2.22. The number of nitrogens with two attached hydrogens (primary N) is 1. The fourth-order valence-electron chi connectivity index (χ4n) is 1.29. The molecule has 15 heavy (non-hydrogen) atoms. The topological polar surface area (TPSA) is 63.3 Å². The van der Waals surface area contributed by atoms with Crippen LogP contribution >= 0.6 is 0 Å². The Kier molecular flexibility index (Phi) is 3.42. The molecule has 0 aliphatic rings. The number of hydrogen-bond donors (Lipinski definition) is 2. The molecule has 3 nitrogen and oxygen atoms in total. The van der Waals surface area contributed by atoms with Gasteiger partial charge in [-0.3, -0.25) is 4.79 Å². The number of benzene rings is 1. The highest BCUT2D eigenvalue weighted by molar-refractivity contribution is 5.75. The number of aliphatic carboxylic acids is 1. The van der Waals surface area contributed by atoms with Crippen molar-refractivity contribution in [3.05, 3.63) is 35.1 Å². The third kappa shape index (κ3) is 2.53. The molecule has 1 unspecified atom stereocenters. The standard InChI is InChI=1S/C11H14FNO2/c1-6(2)7-3-4-9(12)8(5-7)10(13)11(14)15/h3-6,10H,13H2,1-2H3,(H,14,15). The molecule has 3 N–H and O–H groups in total. The van der Waals surface area contributed by atoms with Crippen molar-refractivity contribution in [2.75, 3.05) is 0 Å². The normalized spacial score (nSPS) is 12.9. The van der Waals surface area contributed by atoms with E-state index in [2.05, 4.69) is 0 Å². The zero-order valence-corrected chi connectivity index (χ0v) is 8.70. The van der Waals surface area contributed by atoms with E-state index in [0.29, 0.717) is 0 Å². The quantitative estimate of drug-likeness (QED) is 0.804. The van der Waals surface area contributed by atoms with Gasteiger partial charge in [0.15, 0.2) is 0 Å². The Labute approximate surface area is 87.7 Å². The minimum absolute atomic E-state index is 0.0358. The van der Waals surface area contributed by atoms with Gasteiger partial charge in [-0.05, 0) is 17.5 Å². The van der Waals surface area contributed by atoms with E-state index in [-0.39, 0.29) is 11.5 Å². The average molecular weight is 211 g/mol. The first kappa shape index (κ1) is 11.7. The maximum Gasteiger partial charge on any atom is 0.325 e. The summed E-state index contributed by atoms with van der Waals surface area (Å²) >= 11 is 0. The average Bonchev–Trinajstić information content (AvgIpc) is 2.16. The van der Waals surface area contributed by atoms with E-state index < -0.39 is 17.8 Å². The Morgan fingerprint density at radius 2 is 2.07 bits per heavy atom. The first-order valence-electron chi connectivity index (χ1n) is 4.71. The van der Waals surface area contributed by atoms with Crippen molar-refractivity contribution in [2.45, 2.75) is 25.8 Å². The second kappa shape index (κ2) is 4.40. The molecule has 0 bridgehead atoms. The first-order valence-corrected chi connectivity index (χ1v) is 4.71. The van der Waals surface area contributed by atoms with Crippen molar-refractivity contribution in [3.63, 3.8) is 0 Å². The van der Waals surface area contributed by atoms with Crippen molar-refractivity contribution in [2.24, 2.45) is 5.73 Å². The SMILES string of the molecule is CC(C)c1ccc(F)c(C(N)C(=O)O)c1. The third-order valence-corrected chi connectivity index (χ3v) is 2.29. The minimum Gasteiger partial charge on any atom is -0.480 e. The Hall–Kier alpha value is -1.42. The van der Waals surface area contributed by atoms with Crippen molar-refractivity contribution in [1.29, 1.82) is 0 Å². The number of halogens is 1. The van der Waals surface area contributed by atoms with Crippen LogP contribution in [0.2, 0.25) is 0 Å². The highest BCUT2D eigenvalue weighted by Gasteiger charge is 2.19. The summed E-state index contributed by atoms with van der Waals surface area (Å²) < 4.78 is 13.3. The summed E-state index contributed by atoms with van der Waals surface area (Å²) in [6, 6.07) is 3.10. The molecule has 1 aromatic rings. The van der Waals surface area contributed by atoms with Crippen molar-refractivity contribution >= 4 is 5.97 Å². The molecule has 82 valence electrons. The van der Waals surface area contributed by atoms with Gasteiger partial charge in [0.25, 0.3) is 0 Å². The zero-order chi connectivity index (χ0) is 11.6. The van der Waals surface area contributed by atoms with Gasteiger partial charge in [0.1, 0.15) is 11.9 Å². The minimum atomic E-state index is -1.30. The van der Waals surface area contributed by atoms with Crippen LogP contribution in [-0.4, -0.2) is 11.1 Å². The predicted molar refractivity (Wildman–Crippen MR) is 55.1 cm³/mol. The van der Waals surface area contributed by atoms with Crippen molar-refractivity contribution in [3.8, 4) is 0 Å². The van der Waals surface area contributed by atoms with Gasteiger partial charge in [0.05, 0.1) is 0 Å². The lowest BCUT2D eigenvalue weighted by atomic mass is 9.97. The lowest BCUT2D eigenvalue weighted by molar-refractivity contribution is -0.138. The molecule has 1 aromatic carbocycles. The zero-order valence-electron chi connectivity index (χ0n) is 8.70. The summed E-state index contributed by atoms with van der Waals surface area (Å²) in [7, 11) is 0. The highest BCUT2D eigenvalue weighted by atomic mass is 19.1. The molecule has 4 heteroatoms. The van der Waals surface area contributed by atoms with E-state index >= 15 is 0 Å². The highest BCUT2D eigenvalue weighted by Crippen LogP contribution is 2.21. The summed E-state index contributed by atoms with van der Waals surface area (Å²) in [6.07, 6.45) is 0. The number of carboxylic acids is 1. The van der Waals surface area contributed by atoms with Gasteiger partial charge in [0.2, 0.25) is 0 Å². The van der Waals surface area contributed by atoms with Crippen LogP contribution < -0.4 is 5.73 Å². The lowest BCUT2D eigenvalue weighted by Gasteiger charge is -2.12. The first-order chi connectivity index (χ1) is 6.93. The van der Waals surface area contributed by atoms with Gasteiger partial charge >= 0.3 is 5.97 Å². The van der Waals surface area contributed by atoms with Crippen LogP contribution in [0, 0.1) is 5.82 Å². The number of carbonyl (C=O) groups is 1. The largest absolute Gasteiger partial charge is 0.480 e. The van der Waals surface area contributed by atoms with E-state index in [4.69, 9.17) is 10.8 Å². The van der Waals surface area contributed by atoms with E-state index in [1.807, 2.05) is 13.8 Å². The maximum absolute atomic E-state index is 13.3. The van der Waals surface area contributed by atoms with E-state index in [1.54, 1.807) is 6.07 Å². The summed E-state index contributed by atoms with van der Waals surface area (Å²) in [5.74, 6) is -1.59. The van der Waals surface area contributed by atoms with Crippen LogP contribution in [0.1, 0.15) is 36.9 Å². The molecule has 1 atom stereocenters. The fourth-order valence-corrected chi connectivity index (χ4v) is 1.29. The van der Waals surface area contributed by atoms with Crippen LogP contribution in [0.15, 0.2) is 18.2 Å². The van der Waals surface area contributed by atoms with Crippen LogP contribution in [0.5, 0.6) is 0 Å². The monoisotopic (exact) mass is 211 g/mol. The second-order valence-electron chi connectivity index (χ2n) is 3.75. The molecule has 0 aliphatic heterocycles. The molecule has 0 saturated heterocycles. The number of carboxylic acid groups (broad SMARTS) is 1. The van der Waals surface area contributed by atoms with Gasteiger partial charge in [-0.15, -0.1) is 0 Å². The summed E-state index contributed by atoms with van der Waals surface area (Å²) in [6.45, 7) is 3.90. The van der Waals surface area contributed by atoms with Crippen molar-refractivity contribution in [1.82, 2.24) is 0 Å². The molecule has 0 aromatic heterocycles. The van der Waals surface area contributed by atoms with E-state index in [1.165, 1.54) is 12.1 Å². The molecule has 0 fully saturated rings. The van der Waals surface area contributed by atoms with Crippen molar-refractivity contribution < 1.29 is 14.3 Å². The Morgan fingerprint density at radius 3 is 2.53 bits per heavy atom. The number of rotatable bonds is 3. The fraction of sp³-hybridized carbons (Fsp3) is 0.364. The molecule has 0 saturated carbocycles. The van der Waals surface area contributed by atoms with Crippen LogP contribution in [0.4, 0.5) is 4.39 Å². The maximum atomic E-state index is 13.3. The van der Waals surface area contributed by atoms with Gasteiger partial charge in [-0.2, -0.15) is 0 Å². The van der Waals surface area contributed by atoms with E-state index in [0.717, 1.165) is 5.56 Å². The van der Waals surface area contributed by atoms with Gasteiger partial charge in [-0.25, -0.2) is 4.39 Å². The summed E-state index contributed by atoms with van der Waals surface area (Å²) in [5, 5.41) is 8.70. The molecular formula is C11H14FNO2. The Morgan fingerprint density at radius 1 is 1.47 bits per heavy atom. The van der Waals surface area contributed by atoms with Gasteiger partial charge < -0.3 is 10.8 Å².